The number of nitrogens with one attached hydrogen (secondary N) is 1. The van der Waals surface area contributed by atoms with Gasteiger partial charge in [-0.25, -0.2) is 9.98 Å². The van der Waals surface area contributed by atoms with Gasteiger partial charge in [0, 0.05) is 23.2 Å². The first-order valence-electron chi connectivity index (χ1n) is 6.92. The van der Waals surface area contributed by atoms with Gasteiger partial charge >= 0.3 is 0 Å². The fourth-order valence-corrected chi connectivity index (χ4v) is 2.51. The Hall–Kier alpha value is -1.35. The summed E-state index contributed by atoms with van der Waals surface area (Å²) in [5.74, 6) is 1.06. The number of nitrogens with zero attached hydrogens (tertiary/aromatic N) is 2. The molecule has 0 atom stereocenters. The standard InChI is InChI=1S/C15H20N4OS.HI/c1-2-20-14-12(5-3-8-17-14)11-19-15(16)18-9-7-13-6-4-10-21-13;/h3-6,8,10H,2,7,9,11H2,1H3,(H3,16,18,19);1H. The van der Waals surface area contributed by atoms with E-state index in [1.54, 1.807) is 17.5 Å². The molecule has 5 nitrogen and oxygen atoms in total. The molecule has 0 aliphatic heterocycles. The zero-order valence-corrected chi connectivity index (χ0v) is 15.6. The first-order chi connectivity index (χ1) is 10.3. The monoisotopic (exact) mass is 432 g/mol. The van der Waals surface area contributed by atoms with Gasteiger partial charge in [-0.05, 0) is 30.9 Å². The molecule has 3 N–H and O–H groups in total. The number of hydrogen-bond donors (Lipinski definition) is 2. The van der Waals surface area contributed by atoms with Crippen LogP contribution in [0.25, 0.3) is 0 Å². The minimum Gasteiger partial charge on any atom is -0.478 e. The number of thiophene rings is 1. The molecule has 0 fully saturated rings. The Kier molecular flexibility index (Phi) is 8.83. The lowest BCUT2D eigenvalue weighted by atomic mass is 10.3. The molecule has 7 heteroatoms. The van der Waals surface area contributed by atoms with E-state index in [9.17, 15) is 0 Å². The number of ether oxygens (including phenoxy) is 1. The average molecular weight is 432 g/mol. The Labute approximate surface area is 152 Å². The number of halogens is 1. The number of pyridine rings is 1. The molecule has 0 spiro atoms. The van der Waals surface area contributed by atoms with Crippen molar-refractivity contribution in [2.24, 2.45) is 10.7 Å². The predicted octanol–water partition coefficient (Wildman–Crippen LogP) is 2.81. The minimum atomic E-state index is 0. The summed E-state index contributed by atoms with van der Waals surface area (Å²) in [4.78, 5) is 9.85. The molecule has 2 heterocycles. The molecule has 0 aliphatic rings. The largest absolute Gasteiger partial charge is 0.478 e. The Balaban J connectivity index is 0.00000242. The lowest BCUT2D eigenvalue weighted by molar-refractivity contribution is 0.323. The normalized spacial score (nSPS) is 10.9. The van der Waals surface area contributed by atoms with Gasteiger partial charge < -0.3 is 15.8 Å². The number of aliphatic imine (C=N–C) groups is 1. The van der Waals surface area contributed by atoms with Gasteiger partial charge in [0.05, 0.1) is 13.2 Å². The molecule has 0 radical (unpaired) electrons. The van der Waals surface area contributed by atoms with E-state index in [2.05, 4.69) is 32.8 Å². The van der Waals surface area contributed by atoms with Crippen molar-refractivity contribution in [2.75, 3.05) is 13.2 Å². The minimum absolute atomic E-state index is 0. The van der Waals surface area contributed by atoms with Crippen molar-refractivity contribution in [1.29, 1.82) is 0 Å². The summed E-state index contributed by atoms with van der Waals surface area (Å²) in [6, 6.07) is 7.98. The maximum absolute atomic E-state index is 5.87. The second-order valence-electron chi connectivity index (χ2n) is 4.36. The van der Waals surface area contributed by atoms with Crippen LogP contribution < -0.4 is 15.8 Å². The summed E-state index contributed by atoms with van der Waals surface area (Å²) < 4.78 is 5.46. The summed E-state index contributed by atoms with van der Waals surface area (Å²) in [6.07, 6.45) is 2.66. The number of aromatic nitrogens is 1. The van der Waals surface area contributed by atoms with Gasteiger partial charge in [0.2, 0.25) is 5.88 Å². The Morgan fingerprint density at radius 2 is 2.27 bits per heavy atom. The molecule has 22 heavy (non-hydrogen) atoms. The van der Waals surface area contributed by atoms with E-state index in [0.717, 1.165) is 18.5 Å². The number of nitrogens with two attached hydrogens (primary N) is 1. The van der Waals surface area contributed by atoms with E-state index >= 15 is 0 Å². The van der Waals surface area contributed by atoms with Crippen molar-refractivity contribution in [3.05, 3.63) is 46.3 Å². The molecular formula is C15H21IN4OS. The summed E-state index contributed by atoms with van der Waals surface area (Å²) in [6.45, 7) is 3.76. The van der Waals surface area contributed by atoms with Crippen LogP contribution in [-0.2, 0) is 13.0 Å². The van der Waals surface area contributed by atoms with Crippen LogP contribution in [0.3, 0.4) is 0 Å². The second kappa shape index (κ2) is 10.4. The van der Waals surface area contributed by atoms with Gasteiger partial charge in [0.25, 0.3) is 0 Å². The van der Waals surface area contributed by atoms with Crippen molar-refractivity contribution in [3.63, 3.8) is 0 Å². The van der Waals surface area contributed by atoms with Crippen LogP contribution in [0.15, 0.2) is 40.8 Å². The lowest BCUT2D eigenvalue weighted by Crippen LogP contribution is -2.33. The first-order valence-corrected chi connectivity index (χ1v) is 7.80. The van der Waals surface area contributed by atoms with Crippen LogP contribution in [0, 0.1) is 0 Å². The smallest absolute Gasteiger partial charge is 0.218 e. The van der Waals surface area contributed by atoms with Crippen LogP contribution >= 0.6 is 35.3 Å². The Morgan fingerprint density at radius 3 is 3.00 bits per heavy atom. The average Bonchev–Trinajstić information content (AvgIpc) is 3.00. The molecule has 0 saturated heterocycles. The quantitative estimate of drug-likeness (QED) is 0.401. The van der Waals surface area contributed by atoms with Crippen molar-refractivity contribution >= 4 is 41.3 Å². The van der Waals surface area contributed by atoms with Gasteiger partial charge in [-0.1, -0.05) is 12.1 Å². The Bertz CT molecular complexity index is 575. The number of hydrogen-bond acceptors (Lipinski definition) is 4. The van der Waals surface area contributed by atoms with E-state index < -0.39 is 0 Å². The number of guanidine groups is 1. The van der Waals surface area contributed by atoms with Gasteiger partial charge in [0.15, 0.2) is 5.96 Å². The van der Waals surface area contributed by atoms with Gasteiger partial charge in [0.1, 0.15) is 0 Å². The number of rotatable bonds is 7. The molecule has 0 saturated carbocycles. The maximum atomic E-state index is 5.87. The molecule has 2 rings (SSSR count). The molecule has 0 amide bonds. The van der Waals surface area contributed by atoms with E-state index in [1.165, 1.54) is 4.88 Å². The predicted molar refractivity (Wildman–Crippen MR) is 102 cm³/mol. The molecular weight excluding hydrogens is 411 g/mol. The summed E-state index contributed by atoms with van der Waals surface area (Å²) >= 11 is 1.75. The highest BCUT2D eigenvalue weighted by Crippen LogP contribution is 2.15. The van der Waals surface area contributed by atoms with Crippen LogP contribution in [0.1, 0.15) is 17.4 Å². The Morgan fingerprint density at radius 1 is 1.41 bits per heavy atom. The third kappa shape index (κ3) is 6.18. The third-order valence-corrected chi connectivity index (χ3v) is 3.74. The summed E-state index contributed by atoms with van der Waals surface area (Å²) in [5.41, 5.74) is 6.80. The highest BCUT2D eigenvalue weighted by Gasteiger charge is 2.03. The van der Waals surface area contributed by atoms with Crippen LogP contribution in [0.2, 0.25) is 0 Å². The summed E-state index contributed by atoms with van der Waals surface area (Å²) in [7, 11) is 0. The van der Waals surface area contributed by atoms with E-state index in [-0.39, 0.29) is 24.0 Å². The van der Waals surface area contributed by atoms with Crippen molar-refractivity contribution < 1.29 is 4.74 Å². The van der Waals surface area contributed by atoms with Crippen molar-refractivity contribution in [2.45, 2.75) is 19.9 Å². The molecule has 2 aromatic heterocycles. The van der Waals surface area contributed by atoms with Gasteiger partial charge in [-0.3, -0.25) is 0 Å². The van der Waals surface area contributed by atoms with E-state index in [0.29, 0.717) is 25.0 Å². The van der Waals surface area contributed by atoms with Gasteiger partial charge in [-0.2, -0.15) is 0 Å². The molecule has 120 valence electrons. The fraction of sp³-hybridized carbons (Fsp3) is 0.333. The van der Waals surface area contributed by atoms with E-state index in [4.69, 9.17) is 10.5 Å². The maximum Gasteiger partial charge on any atom is 0.218 e. The third-order valence-electron chi connectivity index (χ3n) is 2.81. The zero-order chi connectivity index (χ0) is 14.9. The SMILES string of the molecule is CCOc1ncccc1CN=C(N)NCCc1cccs1.I. The molecule has 0 aromatic carbocycles. The first kappa shape index (κ1) is 18.7. The molecule has 0 bridgehead atoms. The molecule has 0 aliphatic carbocycles. The van der Waals surface area contributed by atoms with Gasteiger partial charge in [-0.15, -0.1) is 35.3 Å². The lowest BCUT2D eigenvalue weighted by Gasteiger charge is -2.08. The fourth-order valence-electron chi connectivity index (χ4n) is 1.81. The highest BCUT2D eigenvalue weighted by atomic mass is 127. The van der Waals surface area contributed by atoms with E-state index in [1.807, 2.05) is 19.1 Å². The van der Waals surface area contributed by atoms with Crippen molar-refractivity contribution in [1.82, 2.24) is 10.3 Å². The zero-order valence-electron chi connectivity index (χ0n) is 12.5. The topological polar surface area (TPSA) is 72.5 Å². The van der Waals surface area contributed by atoms with Crippen LogP contribution in [0.4, 0.5) is 0 Å². The molecule has 2 aromatic rings. The van der Waals surface area contributed by atoms with Crippen LogP contribution in [0.5, 0.6) is 5.88 Å². The highest BCUT2D eigenvalue weighted by molar-refractivity contribution is 14.0. The van der Waals surface area contributed by atoms with Crippen LogP contribution in [-0.4, -0.2) is 24.1 Å². The summed E-state index contributed by atoms with van der Waals surface area (Å²) in [5, 5.41) is 5.19. The van der Waals surface area contributed by atoms with Crippen molar-refractivity contribution in [3.8, 4) is 5.88 Å². The molecule has 0 unspecified atom stereocenters. The second-order valence-corrected chi connectivity index (χ2v) is 5.39.